The normalized spacial score (nSPS) is 20.0. The van der Waals surface area contributed by atoms with Crippen molar-refractivity contribution < 1.29 is 17.9 Å². The number of nitrogens with one attached hydrogen (secondary N) is 1. The van der Waals surface area contributed by atoms with Gasteiger partial charge in [0.2, 0.25) is 0 Å². The van der Waals surface area contributed by atoms with Crippen LogP contribution in [0.2, 0.25) is 0 Å². The highest BCUT2D eigenvalue weighted by Gasteiger charge is 2.34. The Balaban J connectivity index is 1.45. The first-order chi connectivity index (χ1) is 13.4. The van der Waals surface area contributed by atoms with E-state index in [9.17, 15) is 13.2 Å². The molecule has 1 amide bonds. The minimum atomic E-state index is -3.49. The lowest BCUT2D eigenvalue weighted by molar-refractivity contribution is 0.0634. The van der Waals surface area contributed by atoms with Gasteiger partial charge in [-0.1, -0.05) is 6.07 Å². The number of aryl methyl sites for hydroxylation is 2. The Labute approximate surface area is 165 Å². The largest absolute Gasteiger partial charge is 0.379 e. The fraction of sp³-hybridized carbons (Fsp3) is 0.526. The molecule has 2 fully saturated rings. The summed E-state index contributed by atoms with van der Waals surface area (Å²) < 4.78 is 33.7. The first kappa shape index (κ1) is 19.4. The summed E-state index contributed by atoms with van der Waals surface area (Å²) in [6.07, 6.45) is 0. The van der Waals surface area contributed by atoms with Gasteiger partial charge in [-0.15, -0.1) is 0 Å². The van der Waals surface area contributed by atoms with Gasteiger partial charge in [0.25, 0.3) is 16.1 Å². The van der Waals surface area contributed by atoms with Gasteiger partial charge in [-0.2, -0.15) is 17.0 Å². The van der Waals surface area contributed by atoms with Crippen LogP contribution in [0.25, 0.3) is 10.9 Å². The SMILES string of the molecule is Cc1cc(C)c2cc(C(=O)N3CCN(S(=O)(=O)N4CCOCC4)CC3)[nH]c2c1. The number of rotatable bonds is 3. The Hall–Kier alpha value is -1.94. The van der Waals surface area contributed by atoms with E-state index in [0.717, 1.165) is 22.0 Å². The minimum absolute atomic E-state index is 0.0864. The molecule has 0 aliphatic carbocycles. The number of aromatic nitrogens is 1. The quantitative estimate of drug-likeness (QED) is 0.828. The molecular weight excluding hydrogens is 380 g/mol. The molecule has 0 atom stereocenters. The zero-order chi connectivity index (χ0) is 19.9. The summed E-state index contributed by atoms with van der Waals surface area (Å²) in [5.74, 6) is -0.0864. The highest BCUT2D eigenvalue weighted by molar-refractivity contribution is 7.86. The van der Waals surface area contributed by atoms with Crippen LogP contribution in [0.15, 0.2) is 18.2 Å². The van der Waals surface area contributed by atoms with E-state index in [-0.39, 0.29) is 5.91 Å². The molecule has 2 saturated heterocycles. The Morgan fingerprint density at radius 2 is 1.61 bits per heavy atom. The van der Waals surface area contributed by atoms with E-state index < -0.39 is 10.2 Å². The lowest BCUT2D eigenvalue weighted by Crippen LogP contribution is -2.55. The summed E-state index contributed by atoms with van der Waals surface area (Å²) in [6, 6.07) is 6.02. The summed E-state index contributed by atoms with van der Waals surface area (Å²) in [6.45, 7) is 7.08. The fourth-order valence-electron chi connectivity index (χ4n) is 3.95. The van der Waals surface area contributed by atoms with E-state index in [4.69, 9.17) is 4.74 Å². The maximum Gasteiger partial charge on any atom is 0.282 e. The van der Waals surface area contributed by atoms with Gasteiger partial charge in [-0.05, 0) is 37.1 Å². The van der Waals surface area contributed by atoms with Crippen LogP contribution in [-0.2, 0) is 14.9 Å². The van der Waals surface area contributed by atoms with Crippen LogP contribution in [0, 0.1) is 13.8 Å². The van der Waals surface area contributed by atoms with Gasteiger partial charge in [0.1, 0.15) is 5.69 Å². The van der Waals surface area contributed by atoms with Crippen molar-refractivity contribution in [1.29, 1.82) is 0 Å². The van der Waals surface area contributed by atoms with Crippen LogP contribution in [-0.4, -0.2) is 85.3 Å². The number of fused-ring (bicyclic) bond motifs is 1. The van der Waals surface area contributed by atoms with E-state index in [2.05, 4.69) is 11.1 Å². The molecule has 2 aliphatic rings. The molecule has 9 heteroatoms. The zero-order valence-electron chi connectivity index (χ0n) is 16.3. The Bertz CT molecular complexity index is 987. The molecule has 1 aromatic carbocycles. The molecular formula is C19H26N4O4S. The van der Waals surface area contributed by atoms with Crippen molar-refractivity contribution in [2.45, 2.75) is 13.8 Å². The number of hydrogen-bond donors (Lipinski definition) is 1. The molecule has 1 N–H and O–H groups in total. The summed E-state index contributed by atoms with van der Waals surface area (Å²) in [7, 11) is -3.49. The number of ether oxygens (including phenoxy) is 1. The number of nitrogens with zero attached hydrogens (tertiary/aromatic N) is 3. The Kier molecular flexibility index (Phi) is 5.17. The van der Waals surface area contributed by atoms with Gasteiger partial charge in [0.15, 0.2) is 0 Å². The lowest BCUT2D eigenvalue weighted by atomic mass is 10.1. The smallest absolute Gasteiger partial charge is 0.282 e. The number of hydrogen-bond acceptors (Lipinski definition) is 4. The predicted molar refractivity (Wildman–Crippen MR) is 107 cm³/mol. The molecule has 0 spiro atoms. The van der Waals surface area contributed by atoms with E-state index in [1.807, 2.05) is 26.0 Å². The maximum absolute atomic E-state index is 12.9. The van der Waals surface area contributed by atoms with Crippen molar-refractivity contribution in [3.05, 3.63) is 35.0 Å². The van der Waals surface area contributed by atoms with Gasteiger partial charge < -0.3 is 14.6 Å². The molecule has 3 heterocycles. The Morgan fingerprint density at radius 3 is 2.29 bits per heavy atom. The molecule has 1 aromatic heterocycles. The average molecular weight is 407 g/mol. The molecule has 0 radical (unpaired) electrons. The molecule has 0 unspecified atom stereocenters. The number of piperazine rings is 1. The third-order valence-electron chi connectivity index (χ3n) is 5.47. The van der Waals surface area contributed by atoms with Gasteiger partial charge in [-0.25, -0.2) is 0 Å². The molecule has 28 heavy (non-hydrogen) atoms. The fourth-order valence-corrected chi connectivity index (χ4v) is 5.51. The molecule has 2 aromatic rings. The van der Waals surface area contributed by atoms with Crippen LogP contribution in [0.5, 0.6) is 0 Å². The predicted octanol–water partition coefficient (Wildman–Crippen LogP) is 1.12. The van der Waals surface area contributed by atoms with Crippen LogP contribution < -0.4 is 0 Å². The number of H-pyrrole nitrogens is 1. The van der Waals surface area contributed by atoms with Gasteiger partial charge in [0.05, 0.1) is 13.2 Å². The van der Waals surface area contributed by atoms with Crippen LogP contribution in [0.1, 0.15) is 21.6 Å². The van der Waals surface area contributed by atoms with Crippen molar-refractivity contribution in [3.8, 4) is 0 Å². The zero-order valence-corrected chi connectivity index (χ0v) is 17.1. The van der Waals surface area contributed by atoms with E-state index in [1.54, 1.807) is 4.90 Å². The number of carbonyl (C=O) groups is 1. The summed E-state index contributed by atoms with van der Waals surface area (Å²) in [5, 5.41) is 1.04. The molecule has 0 bridgehead atoms. The second-order valence-corrected chi connectivity index (χ2v) is 9.36. The number of aromatic amines is 1. The van der Waals surface area contributed by atoms with Crippen molar-refractivity contribution in [1.82, 2.24) is 18.5 Å². The standard InChI is InChI=1S/C19H26N4O4S/c1-14-11-15(2)16-13-18(20-17(16)12-14)19(24)21-3-5-22(6-4-21)28(25,26)23-7-9-27-10-8-23/h11-13,20H,3-10H2,1-2H3. The second-order valence-electron chi connectivity index (χ2n) is 7.44. The van der Waals surface area contributed by atoms with Gasteiger partial charge >= 0.3 is 0 Å². The third-order valence-corrected chi connectivity index (χ3v) is 7.50. The van der Waals surface area contributed by atoms with E-state index >= 15 is 0 Å². The van der Waals surface area contributed by atoms with Crippen LogP contribution in [0.4, 0.5) is 0 Å². The van der Waals surface area contributed by atoms with Gasteiger partial charge in [0, 0.05) is 50.2 Å². The first-order valence-corrected chi connectivity index (χ1v) is 11.0. The number of carbonyl (C=O) groups excluding carboxylic acids is 1. The number of amides is 1. The van der Waals surface area contributed by atoms with Crippen molar-refractivity contribution >= 4 is 27.0 Å². The summed E-state index contributed by atoms with van der Waals surface area (Å²) in [5.41, 5.74) is 3.78. The van der Waals surface area contributed by atoms with Crippen LogP contribution >= 0.6 is 0 Å². The number of benzene rings is 1. The minimum Gasteiger partial charge on any atom is -0.379 e. The topological polar surface area (TPSA) is 86.0 Å². The average Bonchev–Trinajstić information content (AvgIpc) is 3.12. The van der Waals surface area contributed by atoms with Crippen LogP contribution in [0.3, 0.4) is 0 Å². The molecule has 8 nitrogen and oxygen atoms in total. The monoisotopic (exact) mass is 406 g/mol. The molecule has 0 saturated carbocycles. The Morgan fingerprint density at radius 1 is 0.964 bits per heavy atom. The van der Waals surface area contributed by atoms with Gasteiger partial charge in [-0.3, -0.25) is 4.79 Å². The van der Waals surface area contributed by atoms with E-state index in [1.165, 1.54) is 8.61 Å². The highest BCUT2D eigenvalue weighted by atomic mass is 32.2. The third kappa shape index (κ3) is 3.55. The van der Waals surface area contributed by atoms with E-state index in [0.29, 0.717) is 58.2 Å². The molecule has 4 rings (SSSR count). The molecule has 2 aliphatic heterocycles. The summed E-state index contributed by atoms with van der Waals surface area (Å²) >= 11 is 0. The highest BCUT2D eigenvalue weighted by Crippen LogP contribution is 2.23. The maximum atomic E-state index is 12.9. The van der Waals surface area contributed by atoms with Crippen molar-refractivity contribution in [3.63, 3.8) is 0 Å². The first-order valence-electron chi connectivity index (χ1n) is 9.58. The van der Waals surface area contributed by atoms with Crippen molar-refractivity contribution in [2.75, 3.05) is 52.5 Å². The molecule has 152 valence electrons. The lowest BCUT2D eigenvalue weighted by Gasteiger charge is -2.37. The summed E-state index contributed by atoms with van der Waals surface area (Å²) in [4.78, 5) is 17.9. The second kappa shape index (κ2) is 7.47. The number of morpholine rings is 1. The van der Waals surface area contributed by atoms with Crippen molar-refractivity contribution in [2.24, 2.45) is 0 Å².